The van der Waals surface area contributed by atoms with Gasteiger partial charge in [-0.1, -0.05) is 55.3 Å². The van der Waals surface area contributed by atoms with Gasteiger partial charge in [0.1, 0.15) is 22.6 Å². The molecule has 0 radical (unpaired) electrons. The van der Waals surface area contributed by atoms with Crippen LogP contribution in [0.1, 0.15) is 37.3 Å². The number of ether oxygens (including phenoxy) is 2. The van der Waals surface area contributed by atoms with Gasteiger partial charge in [-0.25, -0.2) is 4.98 Å². The summed E-state index contributed by atoms with van der Waals surface area (Å²) in [5.41, 5.74) is 6.15. The molecule has 0 aliphatic heterocycles. The van der Waals surface area contributed by atoms with Gasteiger partial charge in [-0.05, 0) is 65.9 Å². The predicted molar refractivity (Wildman–Crippen MR) is 157 cm³/mol. The molecule has 2 heterocycles. The van der Waals surface area contributed by atoms with E-state index in [1.165, 1.54) is 0 Å². The fraction of sp³-hybridized carbons (Fsp3) is 0.273. The van der Waals surface area contributed by atoms with E-state index < -0.39 is 6.10 Å². The summed E-state index contributed by atoms with van der Waals surface area (Å²) in [6.45, 7) is 0.595. The van der Waals surface area contributed by atoms with Crippen LogP contribution in [0.4, 0.5) is 0 Å². The highest BCUT2D eigenvalue weighted by Crippen LogP contribution is 2.41. The number of aliphatic hydroxyl groups is 1. The van der Waals surface area contributed by atoms with Gasteiger partial charge < -0.3 is 23.7 Å². The molecule has 7 heteroatoms. The number of nitrogens with zero attached hydrogens (tertiary/aromatic N) is 3. The third kappa shape index (κ3) is 4.67. The first-order valence-electron chi connectivity index (χ1n) is 13.8. The second-order valence-electron chi connectivity index (χ2n) is 10.4. The van der Waals surface area contributed by atoms with Gasteiger partial charge in [-0.3, -0.25) is 5.41 Å². The Balaban J connectivity index is 1.68. The molecule has 0 saturated heterocycles. The van der Waals surface area contributed by atoms with Crippen molar-refractivity contribution in [1.82, 2.24) is 14.1 Å². The molecule has 1 saturated carbocycles. The van der Waals surface area contributed by atoms with Crippen LogP contribution < -0.4 is 15.0 Å². The van der Waals surface area contributed by atoms with Gasteiger partial charge in [0, 0.05) is 12.1 Å². The van der Waals surface area contributed by atoms with Gasteiger partial charge >= 0.3 is 0 Å². The van der Waals surface area contributed by atoms with Crippen LogP contribution >= 0.6 is 0 Å². The van der Waals surface area contributed by atoms with E-state index in [4.69, 9.17) is 14.5 Å². The van der Waals surface area contributed by atoms with Crippen LogP contribution in [0.3, 0.4) is 0 Å². The summed E-state index contributed by atoms with van der Waals surface area (Å²) in [5, 5.41) is 21.2. The van der Waals surface area contributed by atoms with E-state index >= 15 is 0 Å². The van der Waals surface area contributed by atoms with Gasteiger partial charge in [0.15, 0.2) is 0 Å². The van der Waals surface area contributed by atoms with Crippen molar-refractivity contribution < 1.29 is 14.6 Å². The Morgan fingerprint density at radius 3 is 2.10 bits per heavy atom. The molecule has 0 bridgehead atoms. The summed E-state index contributed by atoms with van der Waals surface area (Å²) in [6.07, 6.45) is 4.88. The van der Waals surface area contributed by atoms with Crippen molar-refractivity contribution in [3.8, 4) is 33.9 Å². The third-order valence-corrected chi connectivity index (χ3v) is 8.01. The lowest BCUT2D eigenvalue weighted by molar-refractivity contribution is 0.0729. The summed E-state index contributed by atoms with van der Waals surface area (Å²) in [7, 11) is 3.33. The number of methoxy groups -OCH3 is 2. The largest absolute Gasteiger partial charge is 0.497 e. The van der Waals surface area contributed by atoms with Crippen molar-refractivity contribution >= 4 is 11.0 Å². The number of rotatable bonds is 7. The number of aliphatic hydroxyl groups excluding tert-OH is 1. The van der Waals surface area contributed by atoms with E-state index in [1.807, 2.05) is 59.2 Å². The molecule has 1 aliphatic carbocycles. The summed E-state index contributed by atoms with van der Waals surface area (Å²) in [4.78, 5) is 4.99. The maximum absolute atomic E-state index is 10.9. The van der Waals surface area contributed by atoms with Gasteiger partial charge in [0.25, 0.3) is 0 Å². The standard InChI is InChI=1S/C33H34N4O3/c1-39-25-16-12-23(13-17-25)29-30-32(34)37(27-10-6-7-11-28(27)38)21-35-33(30)36(20-22-8-4-3-5-9-22)31(29)24-14-18-26(40-2)19-15-24/h3-5,8-9,12-19,21,27-28,34,38H,6-7,10-11,20H2,1-2H3/t27?,28-/m1/s1. The minimum Gasteiger partial charge on any atom is -0.497 e. The fourth-order valence-corrected chi connectivity index (χ4v) is 5.94. The van der Waals surface area contributed by atoms with Gasteiger partial charge in [-0.15, -0.1) is 0 Å². The van der Waals surface area contributed by atoms with Crippen molar-refractivity contribution in [2.75, 3.05) is 14.2 Å². The molecule has 1 unspecified atom stereocenters. The fourth-order valence-electron chi connectivity index (χ4n) is 5.94. The lowest BCUT2D eigenvalue weighted by Gasteiger charge is -2.29. The number of benzene rings is 3. The topological polar surface area (TPSA) is 85.3 Å². The summed E-state index contributed by atoms with van der Waals surface area (Å²) >= 11 is 0. The monoisotopic (exact) mass is 534 g/mol. The summed E-state index contributed by atoms with van der Waals surface area (Å²) in [5.74, 6) is 1.55. The zero-order valence-corrected chi connectivity index (χ0v) is 22.9. The highest BCUT2D eigenvalue weighted by atomic mass is 16.5. The van der Waals surface area contributed by atoms with Crippen molar-refractivity contribution in [2.45, 2.75) is 44.4 Å². The molecule has 2 aromatic heterocycles. The Labute approximate surface area is 233 Å². The highest BCUT2D eigenvalue weighted by Gasteiger charge is 2.28. The van der Waals surface area contributed by atoms with Crippen LogP contribution in [0.5, 0.6) is 11.5 Å². The molecule has 6 rings (SSSR count). The van der Waals surface area contributed by atoms with Crippen molar-refractivity contribution in [3.63, 3.8) is 0 Å². The minimum atomic E-state index is -0.487. The molecule has 40 heavy (non-hydrogen) atoms. The molecule has 1 fully saturated rings. The molecule has 5 aromatic rings. The van der Waals surface area contributed by atoms with Gasteiger partial charge in [0.05, 0.1) is 43.8 Å². The van der Waals surface area contributed by atoms with E-state index in [-0.39, 0.29) is 6.04 Å². The molecule has 2 atom stereocenters. The van der Waals surface area contributed by atoms with Crippen molar-refractivity contribution in [3.05, 3.63) is 96.2 Å². The van der Waals surface area contributed by atoms with E-state index in [9.17, 15) is 10.5 Å². The van der Waals surface area contributed by atoms with Gasteiger partial charge in [-0.2, -0.15) is 0 Å². The maximum Gasteiger partial charge on any atom is 0.146 e. The normalized spacial score (nSPS) is 17.2. The molecule has 1 aliphatic rings. The Morgan fingerprint density at radius 2 is 1.48 bits per heavy atom. The molecule has 0 amide bonds. The number of fused-ring (bicyclic) bond motifs is 1. The molecular formula is C33H34N4O3. The number of hydrogen-bond donors (Lipinski definition) is 2. The average molecular weight is 535 g/mol. The summed E-state index contributed by atoms with van der Waals surface area (Å²) < 4.78 is 15.0. The lowest BCUT2D eigenvalue weighted by atomic mass is 9.92. The molecule has 3 aromatic carbocycles. The van der Waals surface area contributed by atoms with E-state index in [2.05, 4.69) is 28.8 Å². The van der Waals surface area contributed by atoms with Crippen molar-refractivity contribution in [1.29, 1.82) is 5.41 Å². The Bertz CT molecular complexity index is 1670. The average Bonchev–Trinajstić information content (AvgIpc) is 3.33. The van der Waals surface area contributed by atoms with E-state index in [0.717, 1.165) is 76.2 Å². The quantitative estimate of drug-likeness (QED) is 0.261. The zero-order valence-electron chi connectivity index (χ0n) is 22.9. The van der Waals surface area contributed by atoms with Crippen LogP contribution in [0.25, 0.3) is 33.4 Å². The Hall–Kier alpha value is -4.36. The lowest BCUT2D eigenvalue weighted by Crippen LogP contribution is -2.35. The van der Waals surface area contributed by atoms with E-state index in [1.54, 1.807) is 20.5 Å². The first-order chi connectivity index (χ1) is 19.6. The van der Waals surface area contributed by atoms with Crippen LogP contribution in [0.15, 0.2) is 85.2 Å². The molecule has 204 valence electrons. The minimum absolute atomic E-state index is 0.163. The first kappa shape index (κ1) is 25.9. The Morgan fingerprint density at radius 1 is 0.850 bits per heavy atom. The predicted octanol–water partition coefficient (Wildman–Crippen LogP) is 6.19. The smallest absolute Gasteiger partial charge is 0.146 e. The first-order valence-corrected chi connectivity index (χ1v) is 13.8. The third-order valence-electron chi connectivity index (χ3n) is 8.01. The molecule has 2 N–H and O–H groups in total. The van der Waals surface area contributed by atoms with Crippen LogP contribution in [0, 0.1) is 5.41 Å². The Kier molecular flexibility index (Phi) is 7.13. The van der Waals surface area contributed by atoms with Crippen LogP contribution in [-0.4, -0.2) is 39.5 Å². The highest BCUT2D eigenvalue weighted by molar-refractivity contribution is 6.02. The maximum atomic E-state index is 10.9. The SMILES string of the molecule is COc1ccc(-c2c(-c3ccc(OC)cc3)n(Cc3ccccc3)c3ncn(C4CCCC[C@H]4O)c(=N)c23)cc1. The number of hydrogen-bond acceptors (Lipinski definition) is 5. The van der Waals surface area contributed by atoms with E-state index in [0.29, 0.717) is 12.0 Å². The van der Waals surface area contributed by atoms with Gasteiger partial charge in [0.2, 0.25) is 0 Å². The molecule has 7 nitrogen and oxygen atoms in total. The number of aromatic nitrogens is 3. The second kappa shape index (κ2) is 11.0. The number of nitrogens with one attached hydrogen (secondary N) is 1. The summed E-state index contributed by atoms with van der Waals surface area (Å²) in [6, 6.07) is 26.2. The second-order valence-corrected chi connectivity index (χ2v) is 10.4. The van der Waals surface area contributed by atoms with Crippen molar-refractivity contribution in [2.24, 2.45) is 0 Å². The molecular weight excluding hydrogens is 500 g/mol. The van der Waals surface area contributed by atoms with Crippen LogP contribution in [-0.2, 0) is 6.54 Å². The zero-order chi connectivity index (χ0) is 27.6. The molecule has 0 spiro atoms. The van der Waals surface area contributed by atoms with Crippen LogP contribution in [0.2, 0.25) is 0 Å².